The third kappa shape index (κ3) is 6.66. The zero-order chi connectivity index (χ0) is 38.2. The predicted octanol–water partition coefficient (Wildman–Crippen LogP) is 8.96. The third-order valence-electron chi connectivity index (χ3n) is 9.25. The van der Waals surface area contributed by atoms with Crippen LogP contribution in [0.4, 0.5) is 31.7 Å². The maximum atomic E-state index is 14.4. The maximum absolute atomic E-state index is 14.4. The van der Waals surface area contributed by atoms with Crippen LogP contribution in [0.5, 0.6) is 0 Å². The molecule has 0 saturated heterocycles. The number of aromatic nitrogens is 1. The molecule has 5 aromatic carbocycles. The van der Waals surface area contributed by atoms with E-state index in [1.165, 1.54) is 12.3 Å². The standard InChI is InChI=1S/C44H29F2N5O4/c1-24-9-5-16-33-37(24)50-43(48-33)35(38(52)25-10-3-2-4-11-25)39(53)28-14-6-12-26(19-28)27-13-7-15-29(20-27)40(54)36(41(55)30-21-31(45)23-32(46)22-30)44-49-34-17-8-18-47-42(34)51-44/h2-23,48-50H,1H3,(H,47,51)/b43-35+,44-36-. The van der Waals surface area contributed by atoms with Crippen molar-refractivity contribution >= 4 is 46.0 Å². The molecule has 0 unspecified atom stereocenters. The number of aryl methyl sites for hydroxylation is 1. The molecule has 268 valence electrons. The average molecular weight is 730 g/mol. The fourth-order valence-corrected chi connectivity index (χ4v) is 6.56. The molecule has 0 bridgehead atoms. The van der Waals surface area contributed by atoms with Gasteiger partial charge in [-0.1, -0.05) is 78.9 Å². The second kappa shape index (κ2) is 14.1. The van der Waals surface area contributed by atoms with Gasteiger partial charge in [0.1, 0.15) is 34.4 Å². The van der Waals surface area contributed by atoms with E-state index >= 15 is 0 Å². The van der Waals surface area contributed by atoms with Gasteiger partial charge in [-0.3, -0.25) is 19.2 Å². The van der Waals surface area contributed by atoms with Gasteiger partial charge in [-0.2, -0.15) is 0 Å². The lowest BCUT2D eigenvalue weighted by Crippen LogP contribution is -2.21. The number of pyridine rings is 1. The number of fused-ring (bicyclic) bond motifs is 2. The lowest BCUT2D eigenvalue weighted by Gasteiger charge is -2.13. The molecule has 11 heteroatoms. The van der Waals surface area contributed by atoms with Gasteiger partial charge in [0, 0.05) is 34.5 Å². The van der Waals surface area contributed by atoms with E-state index in [0.29, 0.717) is 34.3 Å². The molecule has 0 radical (unpaired) electrons. The summed E-state index contributed by atoms with van der Waals surface area (Å²) in [6.07, 6.45) is 1.53. The fraction of sp³-hybridized carbons (Fsp3) is 0.0227. The number of hydrogen-bond acceptors (Lipinski definition) is 9. The number of carbonyl (C=O) groups is 4. The summed E-state index contributed by atoms with van der Waals surface area (Å²) in [6, 6.07) is 33.0. The van der Waals surface area contributed by atoms with E-state index in [9.17, 15) is 28.0 Å². The van der Waals surface area contributed by atoms with Gasteiger partial charge < -0.3 is 21.3 Å². The first kappa shape index (κ1) is 34.6. The number of benzene rings is 5. The molecule has 0 atom stereocenters. The Kier molecular flexibility index (Phi) is 8.87. The Labute approximate surface area is 313 Å². The van der Waals surface area contributed by atoms with Gasteiger partial charge in [0.25, 0.3) is 0 Å². The van der Waals surface area contributed by atoms with Crippen molar-refractivity contribution in [2.24, 2.45) is 0 Å². The second-order valence-electron chi connectivity index (χ2n) is 12.9. The van der Waals surface area contributed by atoms with Crippen LogP contribution >= 0.6 is 0 Å². The second-order valence-corrected chi connectivity index (χ2v) is 12.9. The van der Waals surface area contributed by atoms with Crippen LogP contribution in [0.1, 0.15) is 47.0 Å². The first-order chi connectivity index (χ1) is 26.6. The van der Waals surface area contributed by atoms with Crippen molar-refractivity contribution < 1.29 is 28.0 Å². The van der Waals surface area contributed by atoms with Gasteiger partial charge >= 0.3 is 0 Å². The van der Waals surface area contributed by atoms with Crippen molar-refractivity contribution in [1.29, 1.82) is 0 Å². The highest BCUT2D eigenvalue weighted by Gasteiger charge is 2.32. The average Bonchev–Trinajstić information content (AvgIpc) is 3.83. The summed E-state index contributed by atoms with van der Waals surface area (Å²) in [6.45, 7) is 1.92. The van der Waals surface area contributed by atoms with Crippen molar-refractivity contribution in [1.82, 2.24) is 4.98 Å². The van der Waals surface area contributed by atoms with E-state index in [0.717, 1.165) is 29.1 Å². The van der Waals surface area contributed by atoms with Crippen LogP contribution in [-0.4, -0.2) is 28.1 Å². The van der Waals surface area contributed by atoms with Gasteiger partial charge in [-0.15, -0.1) is 0 Å². The van der Waals surface area contributed by atoms with E-state index in [4.69, 9.17) is 0 Å². The molecule has 9 nitrogen and oxygen atoms in total. The molecule has 0 aliphatic carbocycles. The highest BCUT2D eigenvalue weighted by molar-refractivity contribution is 6.33. The number of halogens is 2. The largest absolute Gasteiger partial charge is 0.339 e. The van der Waals surface area contributed by atoms with Gasteiger partial charge in [0.2, 0.25) is 23.1 Å². The minimum atomic E-state index is -0.975. The summed E-state index contributed by atoms with van der Waals surface area (Å²) in [4.78, 5) is 60.9. The zero-order valence-corrected chi connectivity index (χ0v) is 29.0. The molecule has 0 amide bonds. The van der Waals surface area contributed by atoms with Crippen molar-refractivity contribution in [3.8, 4) is 11.1 Å². The summed E-state index contributed by atoms with van der Waals surface area (Å²) >= 11 is 0. The molecule has 0 fully saturated rings. The highest BCUT2D eigenvalue weighted by Crippen LogP contribution is 2.36. The molecule has 55 heavy (non-hydrogen) atoms. The topological polar surface area (TPSA) is 129 Å². The number of rotatable bonds is 9. The normalized spacial score (nSPS) is 14.3. The van der Waals surface area contributed by atoms with Gasteiger partial charge in [0.15, 0.2) is 5.82 Å². The molecule has 2 aliphatic rings. The zero-order valence-electron chi connectivity index (χ0n) is 29.0. The van der Waals surface area contributed by atoms with Crippen LogP contribution in [-0.2, 0) is 0 Å². The summed E-state index contributed by atoms with van der Waals surface area (Å²) in [5.74, 6) is -3.99. The maximum Gasteiger partial charge on any atom is 0.200 e. The Hall–Kier alpha value is -7.53. The van der Waals surface area contributed by atoms with E-state index in [1.807, 2.05) is 25.1 Å². The molecule has 0 saturated carbocycles. The van der Waals surface area contributed by atoms with Crippen LogP contribution in [0, 0.1) is 18.6 Å². The van der Waals surface area contributed by atoms with Gasteiger partial charge in [-0.05, 0) is 66.1 Å². The number of Topliss-reactive ketones (excluding diaryl/α,β-unsaturated/α-hetero) is 4. The number of nitrogens with one attached hydrogen (secondary N) is 4. The summed E-state index contributed by atoms with van der Waals surface area (Å²) < 4.78 is 28.5. The van der Waals surface area contributed by atoms with E-state index in [2.05, 4.69) is 26.3 Å². The number of hydrogen-bond donors (Lipinski definition) is 4. The molecule has 8 rings (SSSR count). The Bertz CT molecular complexity index is 2620. The summed E-state index contributed by atoms with van der Waals surface area (Å²) in [7, 11) is 0. The SMILES string of the molecule is Cc1cccc2c1N/C(=C(\C(=O)c1ccccc1)C(=O)c1cccc(-c3cccc(C(=O)/C(C(=O)c4cc(F)cc(F)c4)=C4\Nc5cccnc5N4)c3)c1)N2. The minimum Gasteiger partial charge on any atom is -0.339 e. The van der Waals surface area contributed by atoms with E-state index in [1.54, 1.807) is 84.9 Å². The number of carbonyl (C=O) groups excluding carboxylic acids is 4. The predicted molar refractivity (Wildman–Crippen MR) is 206 cm³/mol. The van der Waals surface area contributed by atoms with Crippen molar-refractivity contribution in [3.63, 3.8) is 0 Å². The Morgan fingerprint density at radius 2 is 1.02 bits per heavy atom. The van der Waals surface area contributed by atoms with Crippen LogP contribution in [0.2, 0.25) is 0 Å². The quantitative estimate of drug-likeness (QED) is 0.0499. The smallest absolute Gasteiger partial charge is 0.200 e. The molecule has 0 spiro atoms. The number of ketones is 4. The lowest BCUT2D eigenvalue weighted by atomic mass is 9.91. The molecular formula is C44H29F2N5O4. The Morgan fingerprint density at radius 3 is 1.64 bits per heavy atom. The molecule has 3 heterocycles. The molecule has 6 aromatic rings. The molecule has 1 aromatic heterocycles. The van der Waals surface area contributed by atoms with Crippen LogP contribution in [0.3, 0.4) is 0 Å². The summed E-state index contributed by atoms with van der Waals surface area (Å²) in [5.41, 5.74) is 3.79. The number of anilines is 4. The monoisotopic (exact) mass is 729 g/mol. The van der Waals surface area contributed by atoms with Gasteiger partial charge in [-0.25, -0.2) is 13.8 Å². The first-order valence-corrected chi connectivity index (χ1v) is 17.2. The summed E-state index contributed by atoms with van der Waals surface area (Å²) in [5, 5.41) is 12.4. The van der Waals surface area contributed by atoms with E-state index in [-0.39, 0.29) is 33.9 Å². The Morgan fingerprint density at radius 1 is 0.491 bits per heavy atom. The first-order valence-electron chi connectivity index (χ1n) is 17.2. The third-order valence-corrected chi connectivity index (χ3v) is 9.25. The lowest BCUT2D eigenvalue weighted by molar-refractivity contribution is 0.0945. The Balaban J connectivity index is 1.16. The number of para-hydroxylation sites is 1. The van der Waals surface area contributed by atoms with E-state index < -0.39 is 40.3 Å². The molecule has 2 aliphatic heterocycles. The van der Waals surface area contributed by atoms with Crippen LogP contribution in [0.15, 0.2) is 156 Å². The number of nitrogens with zero attached hydrogens (tertiary/aromatic N) is 1. The van der Waals surface area contributed by atoms with Crippen molar-refractivity contribution in [2.75, 3.05) is 21.3 Å². The minimum absolute atomic E-state index is 0.00138. The number of allylic oxidation sites excluding steroid dienone is 2. The van der Waals surface area contributed by atoms with Crippen molar-refractivity contribution in [3.05, 3.63) is 196 Å². The van der Waals surface area contributed by atoms with Gasteiger partial charge in [0.05, 0.1) is 17.1 Å². The molecular weight excluding hydrogens is 701 g/mol. The van der Waals surface area contributed by atoms with Crippen molar-refractivity contribution in [2.45, 2.75) is 6.92 Å². The van der Waals surface area contributed by atoms with Crippen LogP contribution < -0.4 is 21.3 Å². The fourth-order valence-electron chi connectivity index (χ4n) is 6.56. The highest BCUT2D eigenvalue weighted by atomic mass is 19.1. The van der Waals surface area contributed by atoms with Crippen LogP contribution in [0.25, 0.3) is 11.1 Å². The molecule has 4 N–H and O–H groups in total.